The van der Waals surface area contributed by atoms with Crippen molar-refractivity contribution in [3.63, 3.8) is 0 Å². The van der Waals surface area contributed by atoms with Crippen LogP contribution in [0.3, 0.4) is 0 Å². The summed E-state index contributed by atoms with van der Waals surface area (Å²) in [6.07, 6.45) is -1.46. The molecule has 2 rings (SSSR count). The van der Waals surface area contributed by atoms with E-state index in [1.807, 2.05) is 20.8 Å². The third-order valence-corrected chi connectivity index (χ3v) is 3.39. The molecule has 3 N–H and O–H groups in total. The maximum Gasteiger partial charge on any atom is 0.422 e. The van der Waals surface area contributed by atoms with Gasteiger partial charge in [0.25, 0.3) is 5.88 Å². The Labute approximate surface area is 166 Å². The molecule has 2 aromatic heterocycles. The summed E-state index contributed by atoms with van der Waals surface area (Å²) in [6, 6.07) is 4.29. The van der Waals surface area contributed by atoms with E-state index in [4.69, 9.17) is 5.73 Å². The summed E-state index contributed by atoms with van der Waals surface area (Å²) < 4.78 is 54.1. The van der Waals surface area contributed by atoms with Crippen molar-refractivity contribution in [1.29, 1.82) is 0 Å². The Morgan fingerprint density at radius 1 is 1.21 bits per heavy atom. The van der Waals surface area contributed by atoms with Crippen LogP contribution in [0, 0.1) is 12.7 Å². The number of aromatic nitrogens is 2. The number of aryl methyl sites for hydroxylation is 1. The van der Waals surface area contributed by atoms with E-state index in [2.05, 4.69) is 20.0 Å². The molecule has 0 unspecified atom stereocenters. The highest BCUT2D eigenvalue weighted by Crippen LogP contribution is 2.22. The second-order valence-electron chi connectivity index (χ2n) is 7.13. The minimum absolute atomic E-state index is 0.158. The van der Waals surface area contributed by atoms with Gasteiger partial charge >= 0.3 is 6.18 Å². The number of nitrogens with one attached hydrogen (secondary N) is 1. The lowest BCUT2D eigenvalue weighted by atomic mass is 10.1. The molecule has 0 radical (unpaired) electrons. The van der Waals surface area contributed by atoms with Crippen LogP contribution in [-0.4, -0.2) is 34.2 Å². The van der Waals surface area contributed by atoms with Gasteiger partial charge in [-0.25, -0.2) is 9.37 Å². The third-order valence-electron chi connectivity index (χ3n) is 3.39. The normalized spacial score (nSPS) is 11.4. The van der Waals surface area contributed by atoms with E-state index in [9.17, 15) is 22.4 Å². The first-order chi connectivity index (χ1) is 13.3. The van der Waals surface area contributed by atoms with Gasteiger partial charge in [0.15, 0.2) is 12.4 Å². The van der Waals surface area contributed by atoms with E-state index in [1.54, 1.807) is 19.1 Å². The summed E-state index contributed by atoms with van der Waals surface area (Å²) in [5.74, 6) is -1.94. The molecule has 0 aliphatic carbocycles. The van der Waals surface area contributed by atoms with Gasteiger partial charge in [0, 0.05) is 35.7 Å². The van der Waals surface area contributed by atoms with Crippen LogP contribution >= 0.6 is 0 Å². The quantitative estimate of drug-likeness (QED) is 0.728. The van der Waals surface area contributed by atoms with E-state index in [0.717, 1.165) is 6.07 Å². The average Bonchev–Trinajstić information content (AvgIpc) is 2.60. The molecule has 0 aliphatic heterocycles. The smallest absolute Gasteiger partial charge is 0.422 e. The van der Waals surface area contributed by atoms with Crippen molar-refractivity contribution in [2.45, 2.75) is 46.0 Å². The standard InChI is InChI=1S/C13H18F4N2O.C6H6N2O/c1-8-9(6-18-12(2,3)4)5-10(14)11(19-8)20-7-13(15,16)17;7-6(9)5-1-3-8-4-2-5/h5,18H,6-7H2,1-4H3;1-4H,(H2,7,9). The second kappa shape index (κ2) is 10.1. The lowest BCUT2D eigenvalue weighted by molar-refractivity contribution is -0.154. The predicted octanol–water partition coefficient (Wildman–Crippen LogP) is 3.54. The second-order valence-corrected chi connectivity index (χ2v) is 7.13. The maximum atomic E-state index is 13.6. The number of nitrogens with two attached hydrogens (primary N) is 1. The van der Waals surface area contributed by atoms with Gasteiger partial charge in [-0.2, -0.15) is 13.2 Å². The summed E-state index contributed by atoms with van der Waals surface area (Å²) in [7, 11) is 0. The number of carbonyl (C=O) groups is 1. The first kappa shape index (κ1) is 24.3. The fourth-order valence-corrected chi connectivity index (χ4v) is 1.90. The highest BCUT2D eigenvalue weighted by Gasteiger charge is 2.29. The number of hydrogen-bond acceptors (Lipinski definition) is 5. The zero-order valence-electron chi connectivity index (χ0n) is 16.6. The molecule has 0 aromatic carbocycles. The van der Waals surface area contributed by atoms with Gasteiger partial charge in [-0.15, -0.1) is 0 Å². The third kappa shape index (κ3) is 9.84. The molecule has 0 saturated carbocycles. The molecular formula is C19H24F4N4O2. The molecule has 0 bridgehead atoms. The number of nitrogens with zero attached hydrogens (tertiary/aromatic N) is 2. The number of halogens is 4. The molecule has 0 atom stereocenters. The Hall–Kier alpha value is -2.75. The van der Waals surface area contributed by atoms with E-state index < -0.39 is 30.4 Å². The van der Waals surface area contributed by atoms with Crippen molar-refractivity contribution < 1.29 is 27.1 Å². The summed E-state index contributed by atoms with van der Waals surface area (Å²) in [4.78, 5) is 17.9. The molecule has 160 valence electrons. The van der Waals surface area contributed by atoms with Gasteiger partial charge in [-0.3, -0.25) is 9.78 Å². The predicted molar refractivity (Wildman–Crippen MR) is 99.8 cm³/mol. The number of primary amides is 1. The van der Waals surface area contributed by atoms with E-state index >= 15 is 0 Å². The molecule has 10 heteroatoms. The van der Waals surface area contributed by atoms with Crippen LogP contribution in [0.15, 0.2) is 30.6 Å². The Kier molecular flexibility index (Phi) is 8.50. The van der Waals surface area contributed by atoms with Crippen LogP contribution in [0.4, 0.5) is 17.6 Å². The molecule has 2 heterocycles. The fraction of sp³-hybridized carbons (Fsp3) is 0.421. The number of pyridine rings is 2. The highest BCUT2D eigenvalue weighted by molar-refractivity contribution is 5.92. The molecule has 0 aliphatic rings. The summed E-state index contributed by atoms with van der Waals surface area (Å²) in [6.45, 7) is 6.26. The van der Waals surface area contributed by atoms with Crippen molar-refractivity contribution >= 4 is 5.91 Å². The molecule has 0 fully saturated rings. The lowest BCUT2D eigenvalue weighted by Crippen LogP contribution is -2.35. The summed E-state index contributed by atoms with van der Waals surface area (Å²) in [5, 5.41) is 3.15. The van der Waals surface area contributed by atoms with Crippen LogP contribution in [0.2, 0.25) is 0 Å². The molecule has 1 amide bonds. The van der Waals surface area contributed by atoms with Gasteiger partial charge in [0.05, 0.1) is 0 Å². The first-order valence-electron chi connectivity index (χ1n) is 8.59. The van der Waals surface area contributed by atoms with Gasteiger partial charge in [-0.05, 0) is 51.5 Å². The molecule has 29 heavy (non-hydrogen) atoms. The highest BCUT2D eigenvalue weighted by atomic mass is 19.4. The van der Waals surface area contributed by atoms with Crippen LogP contribution in [0.25, 0.3) is 0 Å². The van der Waals surface area contributed by atoms with Gasteiger partial charge < -0.3 is 15.8 Å². The largest absolute Gasteiger partial charge is 0.466 e. The minimum Gasteiger partial charge on any atom is -0.466 e. The monoisotopic (exact) mass is 416 g/mol. The van der Waals surface area contributed by atoms with Gasteiger partial charge in [-0.1, -0.05) is 0 Å². The molecule has 6 nitrogen and oxygen atoms in total. The summed E-state index contributed by atoms with van der Waals surface area (Å²) in [5.41, 5.74) is 6.29. The van der Waals surface area contributed by atoms with Crippen LogP contribution in [0.5, 0.6) is 5.88 Å². The van der Waals surface area contributed by atoms with Crippen LogP contribution in [0.1, 0.15) is 42.4 Å². The fourth-order valence-electron chi connectivity index (χ4n) is 1.90. The van der Waals surface area contributed by atoms with E-state index in [0.29, 0.717) is 23.4 Å². The van der Waals surface area contributed by atoms with Crippen molar-refractivity contribution in [2.75, 3.05) is 6.61 Å². The molecule has 0 spiro atoms. The van der Waals surface area contributed by atoms with Gasteiger partial charge in [0.1, 0.15) is 0 Å². The van der Waals surface area contributed by atoms with Crippen molar-refractivity contribution in [3.05, 3.63) is 53.2 Å². The molecule has 2 aromatic rings. The number of rotatable bonds is 5. The van der Waals surface area contributed by atoms with Crippen molar-refractivity contribution in [2.24, 2.45) is 5.73 Å². The lowest BCUT2D eigenvalue weighted by Gasteiger charge is -2.21. The van der Waals surface area contributed by atoms with Crippen LogP contribution < -0.4 is 15.8 Å². The Bertz CT molecular complexity index is 763. The number of hydrogen-bond donors (Lipinski definition) is 2. The molecular weight excluding hydrogens is 392 g/mol. The van der Waals surface area contributed by atoms with Gasteiger partial charge in [0.2, 0.25) is 5.91 Å². The topological polar surface area (TPSA) is 90.1 Å². The maximum absolute atomic E-state index is 13.6. The zero-order chi connectivity index (χ0) is 22.2. The summed E-state index contributed by atoms with van der Waals surface area (Å²) >= 11 is 0. The Morgan fingerprint density at radius 2 is 1.79 bits per heavy atom. The Balaban J connectivity index is 0.000000387. The Morgan fingerprint density at radius 3 is 2.24 bits per heavy atom. The van der Waals surface area contributed by atoms with Crippen molar-refractivity contribution in [3.8, 4) is 5.88 Å². The average molecular weight is 416 g/mol. The number of carbonyl (C=O) groups excluding carboxylic acids is 1. The number of amides is 1. The first-order valence-corrected chi connectivity index (χ1v) is 8.59. The number of alkyl halides is 3. The van der Waals surface area contributed by atoms with E-state index in [-0.39, 0.29) is 5.54 Å². The minimum atomic E-state index is -4.52. The van der Waals surface area contributed by atoms with E-state index in [1.165, 1.54) is 12.4 Å². The SMILES string of the molecule is Cc1nc(OCC(F)(F)F)c(F)cc1CNC(C)(C)C.NC(=O)c1ccncc1. The molecule has 0 saturated heterocycles. The van der Waals surface area contributed by atoms with Crippen LogP contribution in [-0.2, 0) is 6.54 Å². The number of ether oxygens (including phenoxy) is 1. The van der Waals surface area contributed by atoms with Crippen molar-refractivity contribution in [1.82, 2.24) is 15.3 Å². The zero-order valence-corrected chi connectivity index (χ0v) is 16.6.